The standard InChI is InChI=1S/C11H9ClN2O3/c1-2-5-14(7-10(15)16)11(17)9-4-3-8(12)6-13-9/h1,3-4,6H,5,7H2,(H,15,16). The van der Waals surface area contributed by atoms with Gasteiger partial charge in [0.1, 0.15) is 12.2 Å². The zero-order chi connectivity index (χ0) is 12.8. The van der Waals surface area contributed by atoms with Crippen molar-refractivity contribution in [3.05, 3.63) is 29.0 Å². The van der Waals surface area contributed by atoms with E-state index in [4.69, 9.17) is 23.1 Å². The first kappa shape index (κ1) is 13.0. The molecule has 1 amide bonds. The summed E-state index contributed by atoms with van der Waals surface area (Å²) in [5, 5.41) is 9.04. The number of pyridine rings is 1. The second-order valence-electron chi connectivity index (χ2n) is 3.12. The van der Waals surface area contributed by atoms with Gasteiger partial charge in [-0.1, -0.05) is 17.5 Å². The zero-order valence-corrected chi connectivity index (χ0v) is 9.52. The number of carbonyl (C=O) groups is 2. The van der Waals surface area contributed by atoms with Crippen LogP contribution in [0.15, 0.2) is 18.3 Å². The number of aliphatic carboxylic acids is 1. The topological polar surface area (TPSA) is 70.5 Å². The van der Waals surface area contributed by atoms with E-state index < -0.39 is 18.4 Å². The predicted octanol–water partition coefficient (Wildman–Crippen LogP) is 0.895. The number of aromatic nitrogens is 1. The SMILES string of the molecule is C#CCN(CC(=O)O)C(=O)c1ccc(Cl)cn1. The summed E-state index contributed by atoms with van der Waals surface area (Å²) >= 11 is 5.63. The van der Waals surface area contributed by atoms with Gasteiger partial charge in [-0.25, -0.2) is 4.98 Å². The van der Waals surface area contributed by atoms with E-state index in [2.05, 4.69) is 10.9 Å². The molecule has 1 aromatic heterocycles. The van der Waals surface area contributed by atoms with Crippen molar-refractivity contribution in [2.45, 2.75) is 0 Å². The van der Waals surface area contributed by atoms with Crippen LogP contribution in [-0.2, 0) is 4.79 Å². The number of halogens is 1. The molecule has 17 heavy (non-hydrogen) atoms. The largest absolute Gasteiger partial charge is 0.480 e. The Morgan fingerprint density at radius 1 is 1.53 bits per heavy atom. The van der Waals surface area contributed by atoms with Gasteiger partial charge in [0.25, 0.3) is 5.91 Å². The van der Waals surface area contributed by atoms with E-state index in [9.17, 15) is 9.59 Å². The molecule has 0 atom stereocenters. The first-order valence-electron chi connectivity index (χ1n) is 4.60. The maximum atomic E-state index is 11.8. The second kappa shape index (κ2) is 5.87. The highest BCUT2D eigenvalue weighted by molar-refractivity contribution is 6.30. The van der Waals surface area contributed by atoms with Crippen LogP contribution < -0.4 is 0 Å². The molecule has 0 unspecified atom stereocenters. The molecule has 0 saturated heterocycles. The summed E-state index contributed by atoms with van der Waals surface area (Å²) < 4.78 is 0. The maximum Gasteiger partial charge on any atom is 0.323 e. The third kappa shape index (κ3) is 3.78. The van der Waals surface area contributed by atoms with Gasteiger partial charge in [0.05, 0.1) is 11.6 Å². The van der Waals surface area contributed by atoms with Gasteiger partial charge in [-0.15, -0.1) is 6.42 Å². The van der Waals surface area contributed by atoms with Crippen LogP contribution in [0.2, 0.25) is 5.02 Å². The van der Waals surface area contributed by atoms with Crippen LogP contribution in [0.1, 0.15) is 10.5 Å². The molecular formula is C11H9ClN2O3. The average Bonchev–Trinajstić information content (AvgIpc) is 2.28. The fraction of sp³-hybridized carbons (Fsp3) is 0.182. The minimum absolute atomic E-state index is 0.0879. The Morgan fingerprint density at radius 3 is 2.71 bits per heavy atom. The molecule has 0 bridgehead atoms. The molecule has 1 N–H and O–H groups in total. The molecule has 0 fully saturated rings. The fourth-order valence-corrected chi connectivity index (χ4v) is 1.25. The summed E-state index contributed by atoms with van der Waals surface area (Å²) in [5.41, 5.74) is 0.103. The van der Waals surface area contributed by atoms with Gasteiger partial charge in [0.2, 0.25) is 0 Å². The molecule has 0 saturated carbocycles. The molecule has 0 aliphatic rings. The lowest BCUT2D eigenvalue weighted by Crippen LogP contribution is -2.36. The number of rotatable bonds is 4. The molecular weight excluding hydrogens is 244 g/mol. The molecule has 1 aromatic rings. The third-order valence-corrected chi connectivity index (χ3v) is 2.07. The van der Waals surface area contributed by atoms with E-state index in [0.29, 0.717) is 5.02 Å². The molecule has 0 aliphatic carbocycles. The summed E-state index contributed by atoms with van der Waals surface area (Å²) in [6.07, 6.45) is 6.38. The minimum atomic E-state index is -1.14. The lowest BCUT2D eigenvalue weighted by atomic mass is 10.3. The van der Waals surface area contributed by atoms with Crippen molar-refractivity contribution in [1.29, 1.82) is 0 Å². The van der Waals surface area contributed by atoms with Gasteiger partial charge in [-0.2, -0.15) is 0 Å². The first-order valence-corrected chi connectivity index (χ1v) is 4.98. The fourth-order valence-electron chi connectivity index (χ4n) is 1.14. The lowest BCUT2D eigenvalue weighted by Gasteiger charge is -2.17. The molecule has 0 aromatic carbocycles. The molecule has 88 valence electrons. The second-order valence-corrected chi connectivity index (χ2v) is 3.56. The van der Waals surface area contributed by atoms with Crippen LogP contribution in [0, 0.1) is 12.3 Å². The van der Waals surface area contributed by atoms with Crippen molar-refractivity contribution in [1.82, 2.24) is 9.88 Å². The molecule has 1 rings (SSSR count). The van der Waals surface area contributed by atoms with E-state index in [1.165, 1.54) is 18.3 Å². The molecule has 1 heterocycles. The number of carbonyl (C=O) groups excluding carboxylic acids is 1. The highest BCUT2D eigenvalue weighted by Crippen LogP contribution is 2.08. The Kier molecular flexibility index (Phi) is 4.49. The van der Waals surface area contributed by atoms with Crippen molar-refractivity contribution >= 4 is 23.5 Å². The highest BCUT2D eigenvalue weighted by Gasteiger charge is 2.18. The normalized spacial score (nSPS) is 9.41. The number of hydrogen-bond acceptors (Lipinski definition) is 3. The molecule has 5 nitrogen and oxygen atoms in total. The van der Waals surface area contributed by atoms with Crippen molar-refractivity contribution in [3.63, 3.8) is 0 Å². The number of terminal acetylenes is 1. The summed E-state index contributed by atoms with van der Waals surface area (Å²) in [5.74, 6) is 0.547. The number of nitrogens with zero attached hydrogens (tertiary/aromatic N) is 2. The van der Waals surface area contributed by atoms with E-state index in [0.717, 1.165) is 4.90 Å². The number of hydrogen-bond donors (Lipinski definition) is 1. The summed E-state index contributed by atoms with van der Waals surface area (Å²) in [6, 6.07) is 2.91. The van der Waals surface area contributed by atoms with Crippen molar-refractivity contribution in [2.24, 2.45) is 0 Å². The Bertz CT molecular complexity index is 465. The summed E-state index contributed by atoms with van der Waals surface area (Å²) in [4.78, 5) is 27.2. The molecule has 0 radical (unpaired) electrons. The van der Waals surface area contributed by atoms with Gasteiger partial charge in [-0.3, -0.25) is 9.59 Å². The van der Waals surface area contributed by atoms with Crippen molar-refractivity contribution < 1.29 is 14.7 Å². The van der Waals surface area contributed by atoms with Crippen LogP contribution in [0.25, 0.3) is 0 Å². The van der Waals surface area contributed by atoms with Crippen LogP contribution in [0.3, 0.4) is 0 Å². The van der Waals surface area contributed by atoms with Crippen LogP contribution >= 0.6 is 11.6 Å². The maximum absolute atomic E-state index is 11.8. The molecule has 0 aliphatic heterocycles. The van der Waals surface area contributed by atoms with Gasteiger partial charge in [0.15, 0.2) is 0 Å². The quantitative estimate of drug-likeness (QED) is 0.808. The highest BCUT2D eigenvalue weighted by atomic mass is 35.5. The van der Waals surface area contributed by atoms with Crippen molar-refractivity contribution in [3.8, 4) is 12.3 Å². The third-order valence-electron chi connectivity index (χ3n) is 1.84. The Balaban J connectivity index is 2.88. The zero-order valence-electron chi connectivity index (χ0n) is 8.76. The molecule has 6 heteroatoms. The number of carboxylic acids is 1. The van der Waals surface area contributed by atoms with Gasteiger partial charge in [-0.05, 0) is 12.1 Å². The molecule has 0 spiro atoms. The van der Waals surface area contributed by atoms with Gasteiger partial charge in [0, 0.05) is 6.20 Å². The van der Waals surface area contributed by atoms with Gasteiger partial charge < -0.3 is 10.0 Å². The number of carboxylic acid groups (broad SMARTS) is 1. The first-order chi connectivity index (χ1) is 8.04. The Labute approximate surface area is 103 Å². The van der Waals surface area contributed by atoms with E-state index in [1.807, 2.05) is 0 Å². The monoisotopic (exact) mass is 252 g/mol. The van der Waals surface area contributed by atoms with E-state index in [-0.39, 0.29) is 12.2 Å². The van der Waals surface area contributed by atoms with Crippen LogP contribution in [-0.4, -0.2) is 40.0 Å². The van der Waals surface area contributed by atoms with E-state index in [1.54, 1.807) is 0 Å². The predicted molar refractivity (Wildman–Crippen MR) is 61.6 cm³/mol. The smallest absolute Gasteiger partial charge is 0.323 e. The lowest BCUT2D eigenvalue weighted by molar-refractivity contribution is -0.137. The van der Waals surface area contributed by atoms with Gasteiger partial charge >= 0.3 is 5.97 Å². The van der Waals surface area contributed by atoms with Crippen LogP contribution in [0.4, 0.5) is 0 Å². The summed E-state index contributed by atoms with van der Waals surface area (Å²) in [7, 11) is 0. The van der Waals surface area contributed by atoms with Crippen LogP contribution in [0.5, 0.6) is 0 Å². The summed E-state index contributed by atoms with van der Waals surface area (Å²) in [6.45, 7) is -0.553. The average molecular weight is 253 g/mol. The number of amides is 1. The Hall–Kier alpha value is -2.06. The van der Waals surface area contributed by atoms with Crippen molar-refractivity contribution in [2.75, 3.05) is 13.1 Å². The minimum Gasteiger partial charge on any atom is -0.480 e. The Morgan fingerprint density at radius 2 is 2.24 bits per heavy atom. The van der Waals surface area contributed by atoms with E-state index >= 15 is 0 Å².